The van der Waals surface area contributed by atoms with Gasteiger partial charge in [0.15, 0.2) is 0 Å². The Bertz CT molecular complexity index is 393. The zero-order valence-corrected chi connectivity index (χ0v) is 11.8. The molecule has 0 heterocycles. The Kier molecular flexibility index (Phi) is 5.65. The summed E-state index contributed by atoms with van der Waals surface area (Å²) >= 11 is 3.41. The van der Waals surface area contributed by atoms with Gasteiger partial charge >= 0.3 is 0 Å². The number of hydrogen-bond acceptors (Lipinski definition) is 3. The first-order valence-electron chi connectivity index (χ1n) is 5.63. The van der Waals surface area contributed by atoms with Crippen LogP contribution in [0.1, 0.15) is 18.9 Å². The number of methoxy groups -OCH3 is 1. The van der Waals surface area contributed by atoms with Crippen LogP contribution in [-0.2, 0) is 11.2 Å². The molecule has 0 saturated heterocycles. The fourth-order valence-electron chi connectivity index (χ4n) is 1.61. The van der Waals surface area contributed by atoms with E-state index < -0.39 is 0 Å². The van der Waals surface area contributed by atoms with Gasteiger partial charge < -0.3 is 10.5 Å². The van der Waals surface area contributed by atoms with Crippen LogP contribution in [0.25, 0.3) is 0 Å². The maximum atomic E-state index is 11.9. The highest BCUT2D eigenvalue weighted by atomic mass is 79.9. The predicted octanol–water partition coefficient (Wildman–Crippen LogP) is 2.55. The van der Waals surface area contributed by atoms with Gasteiger partial charge in [-0.1, -0.05) is 13.0 Å². The molecule has 1 unspecified atom stereocenters. The smallest absolute Gasteiger partial charge is 0.140 e. The fourth-order valence-corrected chi connectivity index (χ4v) is 2.19. The maximum Gasteiger partial charge on any atom is 0.140 e. The molecule has 0 aliphatic carbocycles. The zero-order chi connectivity index (χ0) is 12.8. The summed E-state index contributed by atoms with van der Waals surface area (Å²) in [6, 6.07) is 5.70. The molecule has 17 heavy (non-hydrogen) atoms. The lowest BCUT2D eigenvalue weighted by atomic mass is 9.97. The molecule has 0 radical (unpaired) electrons. The van der Waals surface area contributed by atoms with Gasteiger partial charge in [-0.05, 0) is 46.6 Å². The molecule has 0 saturated carbocycles. The molecular formula is C13H18BrNO2. The summed E-state index contributed by atoms with van der Waals surface area (Å²) in [5.41, 5.74) is 6.44. The lowest BCUT2D eigenvalue weighted by Gasteiger charge is -2.10. The molecule has 4 heteroatoms. The summed E-state index contributed by atoms with van der Waals surface area (Å²) in [6.45, 7) is 2.48. The third-order valence-electron chi connectivity index (χ3n) is 2.74. The largest absolute Gasteiger partial charge is 0.496 e. The molecule has 0 aliphatic heterocycles. The van der Waals surface area contributed by atoms with Crippen molar-refractivity contribution in [3.05, 3.63) is 28.2 Å². The monoisotopic (exact) mass is 299 g/mol. The topological polar surface area (TPSA) is 52.3 Å². The first kappa shape index (κ1) is 14.2. The highest BCUT2D eigenvalue weighted by Gasteiger charge is 2.13. The number of halogens is 1. The number of Topliss-reactive ketones (excluding diaryl/α,β-unsaturated/α-hetero) is 1. The van der Waals surface area contributed by atoms with Crippen LogP contribution < -0.4 is 10.5 Å². The first-order valence-corrected chi connectivity index (χ1v) is 6.43. The van der Waals surface area contributed by atoms with E-state index in [2.05, 4.69) is 15.9 Å². The van der Waals surface area contributed by atoms with E-state index in [1.165, 1.54) is 0 Å². The van der Waals surface area contributed by atoms with E-state index in [1.54, 1.807) is 7.11 Å². The Morgan fingerprint density at radius 1 is 1.53 bits per heavy atom. The quantitative estimate of drug-likeness (QED) is 0.878. The molecule has 3 nitrogen and oxygen atoms in total. The van der Waals surface area contributed by atoms with Crippen molar-refractivity contribution in [1.29, 1.82) is 0 Å². The van der Waals surface area contributed by atoms with Crippen molar-refractivity contribution in [2.45, 2.75) is 19.8 Å². The van der Waals surface area contributed by atoms with Crippen molar-refractivity contribution in [3.63, 3.8) is 0 Å². The summed E-state index contributed by atoms with van der Waals surface area (Å²) in [7, 11) is 1.62. The number of rotatable bonds is 6. The van der Waals surface area contributed by atoms with Crippen molar-refractivity contribution < 1.29 is 9.53 Å². The Morgan fingerprint density at radius 2 is 2.24 bits per heavy atom. The second kappa shape index (κ2) is 6.77. The second-order valence-corrected chi connectivity index (χ2v) is 4.94. The van der Waals surface area contributed by atoms with E-state index >= 15 is 0 Å². The maximum absolute atomic E-state index is 11.9. The van der Waals surface area contributed by atoms with E-state index in [1.807, 2.05) is 25.1 Å². The Labute approximate surface area is 110 Å². The van der Waals surface area contributed by atoms with Crippen molar-refractivity contribution in [2.75, 3.05) is 13.7 Å². The van der Waals surface area contributed by atoms with Crippen molar-refractivity contribution in [3.8, 4) is 5.75 Å². The molecule has 1 aromatic carbocycles. The van der Waals surface area contributed by atoms with E-state index in [0.717, 1.165) is 22.2 Å². The summed E-state index contributed by atoms with van der Waals surface area (Å²) in [5.74, 6) is 1.03. The number of carbonyl (C=O) groups excluding carboxylic acids is 1. The average Bonchev–Trinajstić information content (AvgIpc) is 2.29. The predicted molar refractivity (Wildman–Crippen MR) is 72.2 cm³/mol. The minimum absolute atomic E-state index is 0.0286. The summed E-state index contributed by atoms with van der Waals surface area (Å²) < 4.78 is 6.01. The van der Waals surface area contributed by atoms with Gasteiger partial charge in [0, 0.05) is 12.3 Å². The lowest BCUT2D eigenvalue weighted by molar-refractivity contribution is -0.121. The fraction of sp³-hybridized carbons (Fsp3) is 0.462. The highest BCUT2D eigenvalue weighted by Crippen LogP contribution is 2.26. The molecular weight excluding hydrogens is 282 g/mol. The van der Waals surface area contributed by atoms with Gasteiger partial charge in [0.1, 0.15) is 11.5 Å². The zero-order valence-electron chi connectivity index (χ0n) is 10.2. The van der Waals surface area contributed by atoms with Gasteiger partial charge in [0.25, 0.3) is 0 Å². The van der Waals surface area contributed by atoms with Crippen LogP contribution >= 0.6 is 15.9 Å². The van der Waals surface area contributed by atoms with Crippen LogP contribution in [0.15, 0.2) is 22.7 Å². The van der Waals surface area contributed by atoms with E-state index in [0.29, 0.717) is 13.0 Å². The highest BCUT2D eigenvalue weighted by molar-refractivity contribution is 9.10. The van der Waals surface area contributed by atoms with Crippen molar-refractivity contribution in [1.82, 2.24) is 0 Å². The minimum Gasteiger partial charge on any atom is -0.496 e. The molecule has 0 fully saturated rings. The Hall–Kier alpha value is -0.870. The van der Waals surface area contributed by atoms with E-state index in [9.17, 15) is 4.79 Å². The van der Waals surface area contributed by atoms with Crippen LogP contribution in [0, 0.1) is 5.92 Å². The van der Waals surface area contributed by atoms with E-state index in [-0.39, 0.29) is 11.7 Å². The summed E-state index contributed by atoms with van der Waals surface area (Å²) in [4.78, 5) is 11.9. The molecule has 0 aromatic heterocycles. The molecule has 94 valence electrons. The SMILES string of the molecule is COc1ccc(CC(=O)C(C)CCN)cc1Br. The molecule has 0 aliphatic rings. The van der Waals surface area contributed by atoms with Crippen LogP contribution in [-0.4, -0.2) is 19.4 Å². The van der Waals surface area contributed by atoms with E-state index in [4.69, 9.17) is 10.5 Å². The third kappa shape index (κ3) is 4.13. The number of benzene rings is 1. The van der Waals surface area contributed by atoms with Gasteiger partial charge in [-0.15, -0.1) is 0 Å². The molecule has 0 spiro atoms. The van der Waals surface area contributed by atoms with Crippen molar-refractivity contribution >= 4 is 21.7 Å². The van der Waals surface area contributed by atoms with Gasteiger partial charge in [0.05, 0.1) is 11.6 Å². The second-order valence-electron chi connectivity index (χ2n) is 4.09. The van der Waals surface area contributed by atoms with Gasteiger partial charge in [-0.2, -0.15) is 0 Å². The standard InChI is InChI=1S/C13H18BrNO2/c1-9(5-6-15)12(16)8-10-3-4-13(17-2)11(14)7-10/h3-4,7,9H,5-6,8,15H2,1-2H3. The van der Waals surface area contributed by atoms with Crippen LogP contribution in [0.4, 0.5) is 0 Å². The summed E-state index contributed by atoms with van der Waals surface area (Å²) in [6.07, 6.45) is 1.19. The van der Waals surface area contributed by atoms with Gasteiger partial charge in [-0.25, -0.2) is 0 Å². The average molecular weight is 300 g/mol. The molecule has 1 atom stereocenters. The van der Waals surface area contributed by atoms with Crippen LogP contribution in [0.5, 0.6) is 5.75 Å². The first-order chi connectivity index (χ1) is 8.08. The van der Waals surface area contributed by atoms with Gasteiger partial charge in [-0.3, -0.25) is 4.79 Å². The van der Waals surface area contributed by atoms with Crippen LogP contribution in [0.2, 0.25) is 0 Å². The molecule has 0 bridgehead atoms. The molecule has 1 rings (SSSR count). The number of hydrogen-bond donors (Lipinski definition) is 1. The Morgan fingerprint density at radius 3 is 2.76 bits per heavy atom. The number of nitrogens with two attached hydrogens (primary N) is 1. The third-order valence-corrected chi connectivity index (χ3v) is 3.36. The summed E-state index contributed by atoms with van der Waals surface area (Å²) in [5, 5.41) is 0. The normalized spacial score (nSPS) is 12.2. The molecule has 0 amide bonds. The number of carbonyl (C=O) groups is 1. The minimum atomic E-state index is 0.0286. The van der Waals surface area contributed by atoms with Gasteiger partial charge in [0.2, 0.25) is 0 Å². The molecule has 2 N–H and O–H groups in total. The van der Waals surface area contributed by atoms with Crippen LogP contribution in [0.3, 0.4) is 0 Å². The molecule has 1 aromatic rings. The lowest BCUT2D eigenvalue weighted by Crippen LogP contribution is -2.17. The number of ether oxygens (including phenoxy) is 1. The Balaban J connectivity index is 2.69. The number of ketones is 1. The van der Waals surface area contributed by atoms with Crippen molar-refractivity contribution in [2.24, 2.45) is 11.7 Å².